The molecular weight excluding hydrogens is 224 g/mol. The number of carbonyl (C=O) groups excluding carboxylic acids is 1. The van der Waals surface area contributed by atoms with Crippen molar-refractivity contribution in [2.75, 3.05) is 20.1 Å². The van der Waals surface area contributed by atoms with Crippen molar-refractivity contribution in [3.8, 4) is 0 Å². The van der Waals surface area contributed by atoms with E-state index in [1.165, 1.54) is 0 Å². The van der Waals surface area contributed by atoms with Crippen LogP contribution in [-0.2, 0) is 0 Å². The van der Waals surface area contributed by atoms with E-state index in [0.717, 1.165) is 19.5 Å². The fourth-order valence-corrected chi connectivity index (χ4v) is 2.20. The Kier molecular flexibility index (Phi) is 3.46. The second kappa shape index (κ2) is 4.85. The Morgan fingerprint density at radius 3 is 2.88 bits per heavy atom. The maximum Gasteiger partial charge on any atom is 0.255 e. The SMILES string of the molecule is CN[C@@H]1CCN(C(=O)c2ccccc2Cl)C1. The van der Waals surface area contributed by atoms with E-state index in [1.54, 1.807) is 12.1 Å². The van der Waals surface area contributed by atoms with Gasteiger partial charge in [0.15, 0.2) is 0 Å². The quantitative estimate of drug-likeness (QED) is 0.852. The molecule has 86 valence electrons. The highest BCUT2D eigenvalue weighted by atomic mass is 35.5. The normalized spacial score (nSPS) is 20.1. The lowest BCUT2D eigenvalue weighted by Gasteiger charge is -2.17. The molecule has 1 atom stereocenters. The number of nitrogens with one attached hydrogen (secondary N) is 1. The van der Waals surface area contributed by atoms with Crippen molar-refractivity contribution < 1.29 is 4.79 Å². The molecule has 1 amide bonds. The van der Waals surface area contributed by atoms with E-state index in [4.69, 9.17) is 11.6 Å². The lowest BCUT2D eigenvalue weighted by molar-refractivity contribution is 0.0790. The zero-order valence-electron chi connectivity index (χ0n) is 9.24. The molecule has 0 spiro atoms. The number of benzene rings is 1. The maximum atomic E-state index is 12.1. The molecule has 1 heterocycles. The van der Waals surface area contributed by atoms with Crippen molar-refractivity contribution in [3.05, 3.63) is 34.9 Å². The first-order valence-corrected chi connectivity index (χ1v) is 5.81. The summed E-state index contributed by atoms with van der Waals surface area (Å²) in [6, 6.07) is 7.61. The summed E-state index contributed by atoms with van der Waals surface area (Å²) in [5.41, 5.74) is 0.598. The molecule has 0 radical (unpaired) electrons. The highest BCUT2D eigenvalue weighted by Gasteiger charge is 2.26. The predicted octanol–water partition coefficient (Wildman–Crippen LogP) is 1.77. The van der Waals surface area contributed by atoms with Crippen molar-refractivity contribution in [2.45, 2.75) is 12.5 Å². The molecule has 1 N–H and O–H groups in total. The van der Waals surface area contributed by atoms with E-state index in [-0.39, 0.29) is 5.91 Å². The number of hydrogen-bond acceptors (Lipinski definition) is 2. The Bertz CT molecular complexity index is 394. The smallest absolute Gasteiger partial charge is 0.255 e. The second-order valence-electron chi connectivity index (χ2n) is 4.01. The van der Waals surface area contributed by atoms with Gasteiger partial charge < -0.3 is 10.2 Å². The van der Waals surface area contributed by atoms with Crippen LogP contribution in [0.25, 0.3) is 0 Å². The largest absolute Gasteiger partial charge is 0.337 e. The number of nitrogens with zero attached hydrogens (tertiary/aromatic N) is 1. The Hall–Kier alpha value is -1.06. The molecule has 0 aliphatic carbocycles. The van der Waals surface area contributed by atoms with Gasteiger partial charge in [-0.3, -0.25) is 4.79 Å². The lowest BCUT2D eigenvalue weighted by atomic mass is 10.2. The topological polar surface area (TPSA) is 32.3 Å². The average molecular weight is 239 g/mol. The van der Waals surface area contributed by atoms with Gasteiger partial charge in [-0.1, -0.05) is 23.7 Å². The molecule has 16 heavy (non-hydrogen) atoms. The number of halogens is 1. The van der Waals surface area contributed by atoms with E-state index in [2.05, 4.69) is 5.32 Å². The average Bonchev–Trinajstić information content (AvgIpc) is 2.77. The van der Waals surface area contributed by atoms with Gasteiger partial charge in [-0.15, -0.1) is 0 Å². The second-order valence-corrected chi connectivity index (χ2v) is 4.41. The van der Waals surface area contributed by atoms with Crippen LogP contribution in [-0.4, -0.2) is 37.0 Å². The summed E-state index contributed by atoms with van der Waals surface area (Å²) < 4.78 is 0. The van der Waals surface area contributed by atoms with Gasteiger partial charge in [0.1, 0.15) is 0 Å². The van der Waals surface area contributed by atoms with Gasteiger partial charge in [0.05, 0.1) is 10.6 Å². The van der Waals surface area contributed by atoms with Crippen LogP contribution in [0.5, 0.6) is 0 Å². The first-order valence-electron chi connectivity index (χ1n) is 5.43. The molecular formula is C12H15ClN2O. The van der Waals surface area contributed by atoms with Crippen molar-refractivity contribution in [1.29, 1.82) is 0 Å². The summed E-state index contributed by atoms with van der Waals surface area (Å²) in [4.78, 5) is 14.0. The Labute approximate surface area is 100 Å². The molecule has 2 rings (SSSR count). The third-order valence-electron chi connectivity index (χ3n) is 2.99. The van der Waals surface area contributed by atoms with Crippen molar-refractivity contribution in [3.63, 3.8) is 0 Å². The van der Waals surface area contributed by atoms with Crippen LogP contribution in [0.15, 0.2) is 24.3 Å². The highest BCUT2D eigenvalue weighted by molar-refractivity contribution is 6.33. The number of carbonyl (C=O) groups is 1. The minimum Gasteiger partial charge on any atom is -0.337 e. The number of hydrogen-bond donors (Lipinski definition) is 1. The minimum absolute atomic E-state index is 0.0309. The third kappa shape index (κ3) is 2.20. The first-order chi connectivity index (χ1) is 7.72. The van der Waals surface area contributed by atoms with Gasteiger partial charge in [0, 0.05) is 19.1 Å². The van der Waals surface area contributed by atoms with Gasteiger partial charge in [-0.05, 0) is 25.6 Å². The molecule has 1 aromatic carbocycles. The fourth-order valence-electron chi connectivity index (χ4n) is 1.99. The van der Waals surface area contributed by atoms with Crippen molar-refractivity contribution >= 4 is 17.5 Å². The summed E-state index contributed by atoms with van der Waals surface area (Å²) in [5.74, 6) is 0.0309. The molecule has 3 nitrogen and oxygen atoms in total. The van der Waals surface area contributed by atoms with Crippen LogP contribution in [0, 0.1) is 0 Å². The Balaban J connectivity index is 2.12. The van der Waals surface area contributed by atoms with Crippen LogP contribution in [0.3, 0.4) is 0 Å². The third-order valence-corrected chi connectivity index (χ3v) is 3.32. The molecule has 0 aromatic heterocycles. The number of amides is 1. The van der Waals surface area contributed by atoms with Crippen molar-refractivity contribution in [1.82, 2.24) is 10.2 Å². The lowest BCUT2D eigenvalue weighted by Crippen LogP contribution is -2.33. The zero-order valence-corrected chi connectivity index (χ0v) is 10.00. The number of likely N-dealkylation sites (tertiary alicyclic amines) is 1. The molecule has 0 unspecified atom stereocenters. The van der Waals surface area contributed by atoms with Gasteiger partial charge in [0.25, 0.3) is 5.91 Å². The molecule has 1 aromatic rings. The Morgan fingerprint density at radius 1 is 1.50 bits per heavy atom. The van der Waals surface area contributed by atoms with E-state index in [0.29, 0.717) is 16.6 Å². The molecule has 1 fully saturated rings. The summed E-state index contributed by atoms with van der Waals surface area (Å²) in [5, 5.41) is 3.72. The molecule has 4 heteroatoms. The van der Waals surface area contributed by atoms with Gasteiger partial charge in [-0.25, -0.2) is 0 Å². The fraction of sp³-hybridized carbons (Fsp3) is 0.417. The van der Waals surface area contributed by atoms with Gasteiger partial charge in [-0.2, -0.15) is 0 Å². The van der Waals surface area contributed by atoms with Crippen LogP contribution in [0.4, 0.5) is 0 Å². The predicted molar refractivity (Wildman–Crippen MR) is 64.8 cm³/mol. The van der Waals surface area contributed by atoms with E-state index in [1.807, 2.05) is 24.1 Å². The minimum atomic E-state index is 0.0309. The van der Waals surface area contributed by atoms with Crippen LogP contribution >= 0.6 is 11.6 Å². The van der Waals surface area contributed by atoms with Crippen LogP contribution in [0.2, 0.25) is 5.02 Å². The first kappa shape index (κ1) is 11.4. The standard InChI is InChI=1S/C12H15ClN2O/c1-14-9-6-7-15(8-9)12(16)10-4-2-3-5-11(10)13/h2-5,9,14H,6-8H2,1H3/t9-/m1/s1. The molecule has 0 bridgehead atoms. The summed E-state index contributed by atoms with van der Waals surface area (Å²) in [6.07, 6.45) is 1.01. The molecule has 0 saturated carbocycles. The highest BCUT2D eigenvalue weighted by Crippen LogP contribution is 2.19. The van der Waals surface area contributed by atoms with Crippen molar-refractivity contribution in [2.24, 2.45) is 0 Å². The molecule has 1 saturated heterocycles. The number of rotatable bonds is 2. The van der Waals surface area contributed by atoms with Gasteiger partial charge >= 0.3 is 0 Å². The van der Waals surface area contributed by atoms with E-state index in [9.17, 15) is 4.79 Å². The number of likely N-dealkylation sites (N-methyl/N-ethyl adjacent to an activating group) is 1. The van der Waals surface area contributed by atoms with Crippen LogP contribution in [0.1, 0.15) is 16.8 Å². The molecule has 1 aliphatic heterocycles. The zero-order chi connectivity index (χ0) is 11.5. The molecule has 1 aliphatic rings. The Morgan fingerprint density at radius 2 is 2.25 bits per heavy atom. The summed E-state index contributed by atoms with van der Waals surface area (Å²) in [6.45, 7) is 1.57. The monoisotopic (exact) mass is 238 g/mol. The summed E-state index contributed by atoms with van der Waals surface area (Å²) >= 11 is 6.00. The van der Waals surface area contributed by atoms with E-state index < -0.39 is 0 Å². The summed E-state index contributed by atoms with van der Waals surface area (Å²) in [7, 11) is 1.92. The van der Waals surface area contributed by atoms with Crippen LogP contribution < -0.4 is 5.32 Å². The van der Waals surface area contributed by atoms with E-state index >= 15 is 0 Å². The maximum absolute atomic E-state index is 12.1. The van der Waals surface area contributed by atoms with Gasteiger partial charge in [0.2, 0.25) is 0 Å².